The standard InChI is InChI=1S/C12H22N2O3/c1-2-5-9(8-13)11(15)14-7-4-3-6-10(14)12(16)17/h9-10H,2-8,13H2,1H3,(H,16,17)/t9?,10-/m0/s1. The maximum atomic E-state index is 12.2. The normalized spacial score (nSPS) is 22.2. The van der Waals surface area contributed by atoms with Crippen LogP contribution in [0.5, 0.6) is 0 Å². The van der Waals surface area contributed by atoms with Gasteiger partial charge in [-0.05, 0) is 25.7 Å². The Morgan fingerprint density at radius 3 is 2.71 bits per heavy atom. The number of hydrogen-bond acceptors (Lipinski definition) is 3. The van der Waals surface area contributed by atoms with Crippen molar-refractivity contribution < 1.29 is 14.7 Å². The summed E-state index contributed by atoms with van der Waals surface area (Å²) in [5, 5.41) is 9.12. The van der Waals surface area contributed by atoms with E-state index in [0.29, 0.717) is 19.5 Å². The van der Waals surface area contributed by atoms with Crippen molar-refractivity contribution in [3.05, 3.63) is 0 Å². The number of rotatable bonds is 5. The molecule has 1 rings (SSSR count). The molecular formula is C12H22N2O3. The molecule has 0 aromatic carbocycles. The SMILES string of the molecule is CCCC(CN)C(=O)N1CCCC[C@H]1C(=O)O. The summed E-state index contributed by atoms with van der Waals surface area (Å²) >= 11 is 0. The number of aliphatic carboxylic acids is 1. The molecule has 0 radical (unpaired) electrons. The van der Waals surface area contributed by atoms with Gasteiger partial charge in [-0.3, -0.25) is 4.79 Å². The minimum atomic E-state index is -0.898. The molecular weight excluding hydrogens is 220 g/mol. The van der Waals surface area contributed by atoms with Gasteiger partial charge in [-0.25, -0.2) is 4.79 Å². The van der Waals surface area contributed by atoms with E-state index in [4.69, 9.17) is 10.8 Å². The van der Waals surface area contributed by atoms with Crippen LogP contribution >= 0.6 is 0 Å². The van der Waals surface area contributed by atoms with Gasteiger partial charge in [0.1, 0.15) is 6.04 Å². The second-order valence-electron chi connectivity index (χ2n) is 4.60. The smallest absolute Gasteiger partial charge is 0.326 e. The van der Waals surface area contributed by atoms with Crippen LogP contribution in [-0.4, -0.2) is 41.0 Å². The summed E-state index contributed by atoms with van der Waals surface area (Å²) in [6.07, 6.45) is 3.95. The van der Waals surface area contributed by atoms with Crippen LogP contribution in [0, 0.1) is 5.92 Å². The molecule has 1 aliphatic heterocycles. The molecule has 2 atom stereocenters. The summed E-state index contributed by atoms with van der Waals surface area (Å²) in [5.74, 6) is -1.20. The Labute approximate surface area is 102 Å². The first-order chi connectivity index (χ1) is 8.11. The van der Waals surface area contributed by atoms with E-state index < -0.39 is 12.0 Å². The second-order valence-corrected chi connectivity index (χ2v) is 4.60. The topological polar surface area (TPSA) is 83.6 Å². The molecule has 1 amide bonds. The molecule has 1 aliphatic rings. The maximum absolute atomic E-state index is 12.2. The lowest BCUT2D eigenvalue weighted by Crippen LogP contribution is -2.51. The highest BCUT2D eigenvalue weighted by Crippen LogP contribution is 2.21. The maximum Gasteiger partial charge on any atom is 0.326 e. The van der Waals surface area contributed by atoms with Crippen LogP contribution in [0.1, 0.15) is 39.0 Å². The van der Waals surface area contributed by atoms with E-state index >= 15 is 0 Å². The van der Waals surface area contributed by atoms with Crippen LogP contribution in [0.3, 0.4) is 0 Å². The number of carboxylic acid groups (broad SMARTS) is 1. The Kier molecular flexibility index (Phi) is 5.41. The molecule has 0 aromatic heterocycles. The van der Waals surface area contributed by atoms with Crippen molar-refractivity contribution in [2.45, 2.75) is 45.1 Å². The van der Waals surface area contributed by atoms with Gasteiger partial charge in [0.2, 0.25) is 5.91 Å². The zero-order valence-electron chi connectivity index (χ0n) is 10.4. The fourth-order valence-corrected chi connectivity index (χ4v) is 2.38. The van der Waals surface area contributed by atoms with E-state index in [0.717, 1.165) is 25.7 Å². The van der Waals surface area contributed by atoms with Gasteiger partial charge in [0.05, 0.1) is 5.92 Å². The van der Waals surface area contributed by atoms with E-state index in [1.54, 1.807) is 0 Å². The number of carbonyl (C=O) groups excluding carboxylic acids is 1. The Balaban J connectivity index is 2.73. The largest absolute Gasteiger partial charge is 0.480 e. The van der Waals surface area contributed by atoms with Crippen molar-refractivity contribution >= 4 is 11.9 Å². The van der Waals surface area contributed by atoms with E-state index in [-0.39, 0.29) is 11.8 Å². The van der Waals surface area contributed by atoms with Gasteiger partial charge in [-0.15, -0.1) is 0 Å². The average molecular weight is 242 g/mol. The Bertz CT molecular complexity index is 281. The van der Waals surface area contributed by atoms with Gasteiger partial charge in [-0.2, -0.15) is 0 Å². The number of amides is 1. The van der Waals surface area contributed by atoms with Crippen molar-refractivity contribution in [2.75, 3.05) is 13.1 Å². The highest BCUT2D eigenvalue weighted by Gasteiger charge is 2.34. The Morgan fingerprint density at radius 1 is 1.47 bits per heavy atom. The lowest BCUT2D eigenvalue weighted by molar-refractivity contribution is -0.153. The summed E-state index contributed by atoms with van der Waals surface area (Å²) in [7, 11) is 0. The average Bonchev–Trinajstić information content (AvgIpc) is 2.35. The van der Waals surface area contributed by atoms with Gasteiger partial charge < -0.3 is 15.7 Å². The van der Waals surface area contributed by atoms with Gasteiger partial charge >= 0.3 is 5.97 Å². The molecule has 0 bridgehead atoms. The first kappa shape index (κ1) is 14.0. The molecule has 1 heterocycles. The highest BCUT2D eigenvalue weighted by molar-refractivity contribution is 5.85. The predicted octanol–water partition coefficient (Wildman–Crippen LogP) is 0.827. The molecule has 0 aromatic rings. The lowest BCUT2D eigenvalue weighted by Gasteiger charge is -2.35. The molecule has 0 saturated carbocycles. The van der Waals surface area contributed by atoms with Crippen molar-refractivity contribution in [1.82, 2.24) is 4.90 Å². The van der Waals surface area contributed by atoms with Crippen molar-refractivity contribution in [2.24, 2.45) is 11.7 Å². The first-order valence-corrected chi connectivity index (χ1v) is 6.35. The minimum Gasteiger partial charge on any atom is -0.480 e. The third-order valence-electron chi connectivity index (χ3n) is 3.34. The molecule has 1 saturated heterocycles. The van der Waals surface area contributed by atoms with E-state index in [9.17, 15) is 9.59 Å². The van der Waals surface area contributed by atoms with Gasteiger partial charge in [0.25, 0.3) is 0 Å². The van der Waals surface area contributed by atoms with Gasteiger partial charge in [-0.1, -0.05) is 13.3 Å². The molecule has 5 nitrogen and oxygen atoms in total. The molecule has 1 fully saturated rings. The first-order valence-electron chi connectivity index (χ1n) is 6.35. The molecule has 0 aliphatic carbocycles. The second kappa shape index (κ2) is 6.59. The van der Waals surface area contributed by atoms with Crippen LogP contribution in [0.4, 0.5) is 0 Å². The third-order valence-corrected chi connectivity index (χ3v) is 3.34. The van der Waals surface area contributed by atoms with Crippen molar-refractivity contribution in [3.63, 3.8) is 0 Å². The molecule has 17 heavy (non-hydrogen) atoms. The monoisotopic (exact) mass is 242 g/mol. The van der Waals surface area contributed by atoms with Crippen LogP contribution in [0.25, 0.3) is 0 Å². The Morgan fingerprint density at radius 2 is 2.18 bits per heavy atom. The summed E-state index contributed by atoms with van der Waals surface area (Å²) in [6, 6.07) is -0.651. The van der Waals surface area contributed by atoms with Crippen molar-refractivity contribution in [3.8, 4) is 0 Å². The number of nitrogens with two attached hydrogens (primary N) is 1. The molecule has 98 valence electrons. The zero-order valence-corrected chi connectivity index (χ0v) is 10.4. The van der Waals surface area contributed by atoms with Crippen LogP contribution < -0.4 is 5.73 Å². The quantitative estimate of drug-likeness (QED) is 0.748. The predicted molar refractivity (Wildman–Crippen MR) is 64.4 cm³/mol. The number of nitrogens with zero attached hydrogens (tertiary/aromatic N) is 1. The Hall–Kier alpha value is -1.10. The van der Waals surface area contributed by atoms with Crippen molar-refractivity contribution in [1.29, 1.82) is 0 Å². The highest BCUT2D eigenvalue weighted by atomic mass is 16.4. The van der Waals surface area contributed by atoms with Gasteiger partial charge in [0.15, 0.2) is 0 Å². The summed E-state index contributed by atoms with van der Waals surface area (Å²) in [5.41, 5.74) is 5.59. The fourth-order valence-electron chi connectivity index (χ4n) is 2.38. The summed E-state index contributed by atoms with van der Waals surface area (Å²) in [6.45, 7) is 2.85. The minimum absolute atomic E-state index is 0.0820. The molecule has 5 heteroatoms. The number of piperidine rings is 1. The fraction of sp³-hybridized carbons (Fsp3) is 0.833. The lowest BCUT2D eigenvalue weighted by atomic mass is 9.96. The van der Waals surface area contributed by atoms with E-state index in [1.165, 1.54) is 4.90 Å². The van der Waals surface area contributed by atoms with E-state index in [2.05, 4.69) is 0 Å². The van der Waals surface area contributed by atoms with Gasteiger partial charge in [0, 0.05) is 13.1 Å². The number of likely N-dealkylation sites (tertiary alicyclic amines) is 1. The number of carboxylic acids is 1. The zero-order chi connectivity index (χ0) is 12.8. The summed E-state index contributed by atoms with van der Waals surface area (Å²) in [4.78, 5) is 24.8. The van der Waals surface area contributed by atoms with Crippen LogP contribution in [0.15, 0.2) is 0 Å². The van der Waals surface area contributed by atoms with Crippen LogP contribution in [0.2, 0.25) is 0 Å². The van der Waals surface area contributed by atoms with Crippen LogP contribution in [-0.2, 0) is 9.59 Å². The summed E-state index contributed by atoms with van der Waals surface area (Å²) < 4.78 is 0. The van der Waals surface area contributed by atoms with E-state index in [1.807, 2.05) is 6.92 Å². The molecule has 0 spiro atoms. The molecule has 1 unspecified atom stereocenters. The number of hydrogen-bond donors (Lipinski definition) is 2. The molecule has 3 N–H and O–H groups in total. The third kappa shape index (κ3) is 3.43. The number of carbonyl (C=O) groups is 2.